The Balaban J connectivity index is 2.10. The van der Waals surface area contributed by atoms with Crippen molar-refractivity contribution in [1.29, 1.82) is 0 Å². The first-order valence-corrected chi connectivity index (χ1v) is 9.85. The van der Waals surface area contributed by atoms with Gasteiger partial charge in [0.15, 0.2) is 0 Å². The SMILES string of the molecule is COCCCNC(=O)c1cccc(S(=O)(=O)Nc2ccc(Br)cc2)c1. The average Bonchev–Trinajstić information content (AvgIpc) is 2.60. The van der Waals surface area contributed by atoms with Gasteiger partial charge in [-0.3, -0.25) is 9.52 Å². The molecule has 0 aliphatic carbocycles. The average molecular weight is 427 g/mol. The molecule has 134 valence electrons. The van der Waals surface area contributed by atoms with Gasteiger partial charge in [0.2, 0.25) is 0 Å². The third kappa shape index (κ3) is 5.84. The van der Waals surface area contributed by atoms with Crippen molar-refractivity contribution in [2.24, 2.45) is 0 Å². The third-order valence-corrected chi connectivity index (χ3v) is 5.22. The number of benzene rings is 2. The molecule has 0 saturated heterocycles. The van der Waals surface area contributed by atoms with E-state index in [0.717, 1.165) is 4.47 Å². The van der Waals surface area contributed by atoms with E-state index in [-0.39, 0.29) is 16.4 Å². The lowest BCUT2D eigenvalue weighted by atomic mass is 10.2. The Labute approximate surface area is 155 Å². The molecule has 2 aromatic carbocycles. The maximum Gasteiger partial charge on any atom is 0.261 e. The minimum Gasteiger partial charge on any atom is -0.385 e. The number of sulfonamides is 1. The molecule has 0 atom stereocenters. The molecule has 0 heterocycles. The molecule has 2 aromatic rings. The number of amides is 1. The van der Waals surface area contributed by atoms with E-state index in [0.29, 0.717) is 25.3 Å². The monoisotopic (exact) mass is 426 g/mol. The Bertz CT molecular complexity index is 823. The van der Waals surface area contributed by atoms with Crippen LogP contribution >= 0.6 is 15.9 Å². The molecule has 0 spiro atoms. The Kier molecular flexibility index (Phi) is 6.98. The van der Waals surface area contributed by atoms with Crippen LogP contribution in [0.2, 0.25) is 0 Å². The van der Waals surface area contributed by atoms with Crippen LogP contribution in [0, 0.1) is 0 Å². The molecular weight excluding hydrogens is 408 g/mol. The Hall–Kier alpha value is -1.90. The van der Waals surface area contributed by atoms with Crippen LogP contribution in [0.5, 0.6) is 0 Å². The lowest BCUT2D eigenvalue weighted by Gasteiger charge is -2.10. The molecule has 0 aromatic heterocycles. The normalized spacial score (nSPS) is 11.1. The first kappa shape index (κ1) is 19.4. The van der Waals surface area contributed by atoms with E-state index in [2.05, 4.69) is 26.0 Å². The molecule has 0 aliphatic heterocycles. The Morgan fingerprint density at radius 1 is 1.16 bits per heavy atom. The quantitative estimate of drug-likeness (QED) is 0.635. The van der Waals surface area contributed by atoms with E-state index >= 15 is 0 Å². The summed E-state index contributed by atoms with van der Waals surface area (Å²) in [6, 6.07) is 12.7. The first-order valence-electron chi connectivity index (χ1n) is 7.58. The van der Waals surface area contributed by atoms with Crippen LogP contribution in [-0.2, 0) is 14.8 Å². The van der Waals surface area contributed by atoms with Crippen molar-refractivity contribution in [3.05, 3.63) is 58.6 Å². The van der Waals surface area contributed by atoms with Gasteiger partial charge >= 0.3 is 0 Å². The molecule has 8 heteroatoms. The van der Waals surface area contributed by atoms with Crippen molar-refractivity contribution in [1.82, 2.24) is 5.32 Å². The van der Waals surface area contributed by atoms with E-state index in [4.69, 9.17) is 4.74 Å². The highest BCUT2D eigenvalue weighted by Crippen LogP contribution is 2.19. The van der Waals surface area contributed by atoms with Gasteiger partial charge in [-0.05, 0) is 48.9 Å². The van der Waals surface area contributed by atoms with Crippen LogP contribution in [-0.4, -0.2) is 34.6 Å². The number of halogens is 1. The predicted molar refractivity (Wildman–Crippen MR) is 100 cm³/mol. The molecular formula is C17H19BrN2O4S. The van der Waals surface area contributed by atoms with Gasteiger partial charge in [0.25, 0.3) is 15.9 Å². The molecule has 0 fully saturated rings. The van der Waals surface area contributed by atoms with Crippen molar-refractivity contribution in [2.75, 3.05) is 25.0 Å². The molecule has 0 saturated carbocycles. The van der Waals surface area contributed by atoms with Gasteiger partial charge in [0.1, 0.15) is 0 Å². The zero-order valence-corrected chi connectivity index (χ0v) is 16.1. The summed E-state index contributed by atoms with van der Waals surface area (Å²) in [5, 5.41) is 2.73. The van der Waals surface area contributed by atoms with Gasteiger partial charge < -0.3 is 10.1 Å². The number of anilines is 1. The highest BCUT2D eigenvalue weighted by atomic mass is 79.9. The fourth-order valence-electron chi connectivity index (χ4n) is 2.06. The minimum atomic E-state index is -3.78. The molecule has 1 amide bonds. The molecule has 0 unspecified atom stereocenters. The van der Waals surface area contributed by atoms with E-state index in [1.165, 1.54) is 12.1 Å². The maximum absolute atomic E-state index is 12.5. The van der Waals surface area contributed by atoms with E-state index < -0.39 is 10.0 Å². The number of hydrogen-bond donors (Lipinski definition) is 2. The van der Waals surface area contributed by atoms with E-state index in [1.807, 2.05) is 0 Å². The van der Waals surface area contributed by atoms with Crippen LogP contribution in [0.4, 0.5) is 5.69 Å². The number of nitrogens with one attached hydrogen (secondary N) is 2. The smallest absolute Gasteiger partial charge is 0.261 e. The number of ether oxygens (including phenoxy) is 1. The fourth-order valence-corrected chi connectivity index (χ4v) is 3.43. The van der Waals surface area contributed by atoms with Gasteiger partial charge in [-0.25, -0.2) is 8.42 Å². The minimum absolute atomic E-state index is 0.0277. The van der Waals surface area contributed by atoms with E-state index in [1.54, 1.807) is 43.5 Å². The lowest BCUT2D eigenvalue weighted by Crippen LogP contribution is -2.25. The predicted octanol–water partition coefficient (Wildman–Crippen LogP) is 3.02. The Morgan fingerprint density at radius 2 is 1.88 bits per heavy atom. The van der Waals surface area contributed by atoms with Crippen LogP contribution in [0.3, 0.4) is 0 Å². The number of methoxy groups -OCH3 is 1. The summed E-state index contributed by atoms with van der Waals surface area (Å²) in [6.45, 7) is 1.01. The number of carbonyl (C=O) groups excluding carboxylic acids is 1. The van der Waals surface area contributed by atoms with Crippen LogP contribution < -0.4 is 10.0 Å². The summed E-state index contributed by atoms with van der Waals surface area (Å²) in [7, 11) is -2.18. The third-order valence-electron chi connectivity index (χ3n) is 3.31. The summed E-state index contributed by atoms with van der Waals surface area (Å²) < 4.78 is 33.2. The fraction of sp³-hybridized carbons (Fsp3) is 0.235. The largest absolute Gasteiger partial charge is 0.385 e. The van der Waals surface area contributed by atoms with Crippen molar-refractivity contribution in [2.45, 2.75) is 11.3 Å². The first-order chi connectivity index (χ1) is 11.9. The lowest BCUT2D eigenvalue weighted by molar-refractivity contribution is 0.0948. The Morgan fingerprint density at radius 3 is 2.56 bits per heavy atom. The van der Waals surface area contributed by atoms with Crippen LogP contribution in [0.25, 0.3) is 0 Å². The van der Waals surface area contributed by atoms with Crippen molar-refractivity contribution >= 4 is 37.5 Å². The van der Waals surface area contributed by atoms with Crippen LogP contribution in [0.1, 0.15) is 16.8 Å². The van der Waals surface area contributed by atoms with Crippen molar-refractivity contribution in [3.63, 3.8) is 0 Å². The highest BCUT2D eigenvalue weighted by molar-refractivity contribution is 9.10. The second-order valence-electron chi connectivity index (χ2n) is 5.24. The molecule has 0 radical (unpaired) electrons. The van der Waals surface area contributed by atoms with Crippen molar-refractivity contribution in [3.8, 4) is 0 Å². The van der Waals surface area contributed by atoms with Gasteiger partial charge in [-0.1, -0.05) is 22.0 Å². The van der Waals surface area contributed by atoms with Gasteiger partial charge in [-0.15, -0.1) is 0 Å². The molecule has 2 rings (SSSR count). The molecule has 2 N–H and O–H groups in total. The standard InChI is InChI=1S/C17H19BrN2O4S/c1-24-11-3-10-19-17(21)13-4-2-5-16(12-13)25(22,23)20-15-8-6-14(18)7-9-15/h2,4-9,12,20H,3,10-11H2,1H3,(H,19,21). The summed E-state index contributed by atoms with van der Waals surface area (Å²) in [4.78, 5) is 12.1. The topological polar surface area (TPSA) is 84.5 Å². The zero-order chi connectivity index (χ0) is 18.3. The van der Waals surface area contributed by atoms with Crippen molar-refractivity contribution < 1.29 is 17.9 Å². The van der Waals surface area contributed by atoms with Gasteiger partial charge in [0, 0.05) is 36.0 Å². The molecule has 25 heavy (non-hydrogen) atoms. The maximum atomic E-state index is 12.5. The molecule has 0 aliphatic rings. The molecule has 6 nitrogen and oxygen atoms in total. The zero-order valence-electron chi connectivity index (χ0n) is 13.7. The summed E-state index contributed by atoms with van der Waals surface area (Å²) >= 11 is 3.30. The summed E-state index contributed by atoms with van der Waals surface area (Å²) in [5.41, 5.74) is 0.730. The summed E-state index contributed by atoms with van der Waals surface area (Å²) in [5.74, 6) is -0.322. The van der Waals surface area contributed by atoms with Gasteiger partial charge in [0.05, 0.1) is 4.90 Å². The second-order valence-corrected chi connectivity index (χ2v) is 7.84. The van der Waals surface area contributed by atoms with Crippen LogP contribution in [0.15, 0.2) is 57.9 Å². The second kappa shape index (κ2) is 8.98. The van der Waals surface area contributed by atoms with Gasteiger partial charge in [-0.2, -0.15) is 0 Å². The summed E-state index contributed by atoms with van der Waals surface area (Å²) in [6.07, 6.45) is 0.686. The number of carbonyl (C=O) groups is 1. The highest BCUT2D eigenvalue weighted by Gasteiger charge is 2.16. The number of rotatable bonds is 8. The molecule has 0 bridgehead atoms. The number of hydrogen-bond acceptors (Lipinski definition) is 4. The van der Waals surface area contributed by atoms with E-state index in [9.17, 15) is 13.2 Å².